The van der Waals surface area contributed by atoms with Crippen LogP contribution in [0.1, 0.15) is 23.2 Å². The van der Waals surface area contributed by atoms with Gasteiger partial charge >= 0.3 is 0 Å². The minimum atomic E-state index is -0.501. The third kappa shape index (κ3) is 2.59. The highest BCUT2D eigenvalue weighted by Gasteiger charge is 2.29. The number of nitrogens with two attached hydrogens (primary N) is 1. The van der Waals surface area contributed by atoms with Crippen LogP contribution in [0.15, 0.2) is 24.3 Å². The van der Waals surface area contributed by atoms with Crippen LogP contribution in [-0.4, -0.2) is 18.3 Å². The van der Waals surface area contributed by atoms with Gasteiger partial charge in [-0.25, -0.2) is 0 Å². The van der Waals surface area contributed by atoms with E-state index in [1.807, 2.05) is 0 Å². The number of benzene rings is 1. The monoisotopic (exact) mass is 219 g/mol. The second-order valence-electron chi connectivity index (χ2n) is 3.92. The quantitative estimate of drug-likeness (QED) is 0.807. The van der Waals surface area contributed by atoms with Gasteiger partial charge in [-0.05, 0) is 31.0 Å². The third-order valence-corrected chi connectivity index (χ3v) is 2.53. The van der Waals surface area contributed by atoms with E-state index in [2.05, 4.69) is 0 Å². The van der Waals surface area contributed by atoms with Crippen molar-refractivity contribution in [1.29, 1.82) is 0 Å². The van der Waals surface area contributed by atoms with Gasteiger partial charge in [-0.3, -0.25) is 9.59 Å². The van der Waals surface area contributed by atoms with E-state index in [9.17, 15) is 9.59 Å². The van der Waals surface area contributed by atoms with Crippen LogP contribution in [0.4, 0.5) is 0 Å². The van der Waals surface area contributed by atoms with Gasteiger partial charge in [0.25, 0.3) is 0 Å². The molecule has 2 rings (SSSR count). The average Bonchev–Trinajstić information content (AvgIpc) is 3.10. The fourth-order valence-electron chi connectivity index (χ4n) is 1.42. The Bertz CT molecular complexity index is 424. The van der Waals surface area contributed by atoms with E-state index in [0.717, 1.165) is 12.8 Å². The first-order chi connectivity index (χ1) is 7.66. The van der Waals surface area contributed by atoms with Crippen molar-refractivity contribution in [2.75, 3.05) is 6.61 Å². The lowest BCUT2D eigenvalue weighted by Gasteiger charge is -2.05. The molecule has 1 amide bonds. The molecular weight excluding hydrogens is 206 g/mol. The van der Waals surface area contributed by atoms with Gasteiger partial charge in [0, 0.05) is 11.5 Å². The number of hydrogen-bond donors (Lipinski definition) is 1. The van der Waals surface area contributed by atoms with Crippen molar-refractivity contribution in [2.45, 2.75) is 12.8 Å². The summed E-state index contributed by atoms with van der Waals surface area (Å²) >= 11 is 0. The summed E-state index contributed by atoms with van der Waals surface area (Å²) in [6, 6.07) is 6.53. The van der Waals surface area contributed by atoms with Crippen molar-refractivity contribution in [1.82, 2.24) is 0 Å². The number of ketones is 1. The summed E-state index contributed by atoms with van der Waals surface area (Å²) in [5.41, 5.74) is 5.52. The standard InChI is InChI=1S/C12H13NO3/c13-12(15)9-2-1-3-10(6-9)16-7-11(14)8-4-5-8/h1-3,6,8H,4-5,7H2,(H2,13,15). The SMILES string of the molecule is NC(=O)c1cccc(OCC(=O)C2CC2)c1. The summed E-state index contributed by atoms with van der Waals surface area (Å²) in [6.45, 7) is 0.0763. The molecule has 0 aliphatic heterocycles. The summed E-state index contributed by atoms with van der Waals surface area (Å²) < 4.78 is 5.30. The molecule has 2 N–H and O–H groups in total. The lowest BCUT2D eigenvalue weighted by atomic mass is 10.2. The predicted molar refractivity (Wildman–Crippen MR) is 58.2 cm³/mol. The van der Waals surface area contributed by atoms with Gasteiger partial charge in [-0.2, -0.15) is 0 Å². The molecule has 1 aliphatic carbocycles. The van der Waals surface area contributed by atoms with Crippen molar-refractivity contribution < 1.29 is 14.3 Å². The molecule has 1 saturated carbocycles. The molecule has 4 nitrogen and oxygen atoms in total. The van der Waals surface area contributed by atoms with E-state index in [4.69, 9.17) is 10.5 Å². The normalized spacial score (nSPS) is 14.5. The van der Waals surface area contributed by atoms with E-state index in [-0.39, 0.29) is 18.3 Å². The molecule has 0 spiro atoms. The van der Waals surface area contributed by atoms with Crippen molar-refractivity contribution >= 4 is 11.7 Å². The van der Waals surface area contributed by atoms with Gasteiger partial charge in [0.05, 0.1) is 0 Å². The summed E-state index contributed by atoms with van der Waals surface area (Å²) in [6.07, 6.45) is 1.95. The van der Waals surface area contributed by atoms with Crippen LogP contribution >= 0.6 is 0 Å². The zero-order valence-electron chi connectivity index (χ0n) is 8.81. The Morgan fingerprint density at radius 2 is 2.12 bits per heavy atom. The molecule has 0 atom stereocenters. The van der Waals surface area contributed by atoms with E-state index < -0.39 is 5.91 Å². The maximum Gasteiger partial charge on any atom is 0.248 e. The molecule has 0 heterocycles. The molecule has 0 saturated heterocycles. The number of carbonyl (C=O) groups excluding carboxylic acids is 2. The molecule has 1 aromatic rings. The number of carbonyl (C=O) groups is 2. The number of amides is 1. The van der Waals surface area contributed by atoms with Gasteiger partial charge in [0.15, 0.2) is 5.78 Å². The van der Waals surface area contributed by atoms with Crippen LogP contribution in [0.3, 0.4) is 0 Å². The van der Waals surface area contributed by atoms with Crippen LogP contribution in [0.5, 0.6) is 5.75 Å². The highest BCUT2D eigenvalue weighted by molar-refractivity contribution is 5.93. The number of Topliss-reactive ketones (excluding diaryl/α,β-unsaturated/α-hetero) is 1. The highest BCUT2D eigenvalue weighted by atomic mass is 16.5. The van der Waals surface area contributed by atoms with E-state index in [0.29, 0.717) is 11.3 Å². The van der Waals surface area contributed by atoms with Crippen molar-refractivity contribution in [3.63, 3.8) is 0 Å². The highest BCUT2D eigenvalue weighted by Crippen LogP contribution is 2.29. The molecule has 0 radical (unpaired) electrons. The van der Waals surface area contributed by atoms with Gasteiger partial charge in [-0.1, -0.05) is 6.07 Å². The summed E-state index contributed by atoms with van der Waals surface area (Å²) in [5.74, 6) is 0.327. The van der Waals surface area contributed by atoms with Gasteiger partial charge in [0.1, 0.15) is 12.4 Å². The second-order valence-corrected chi connectivity index (χ2v) is 3.92. The number of primary amides is 1. The Kier molecular flexibility index (Phi) is 2.90. The molecule has 1 fully saturated rings. The van der Waals surface area contributed by atoms with Crippen LogP contribution < -0.4 is 10.5 Å². The lowest BCUT2D eigenvalue weighted by Crippen LogP contribution is -2.14. The fourth-order valence-corrected chi connectivity index (χ4v) is 1.42. The summed E-state index contributed by atoms with van der Waals surface area (Å²) in [7, 11) is 0. The largest absolute Gasteiger partial charge is 0.486 e. The Labute approximate surface area is 93.4 Å². The second kappa shape index (κ2) is 4.35. The molecule has 1 aromatic carbocycles. The minimum Gasteiger partial charge on any atom is -0.486 e. The predicted octanol–water partition coefficient (Wildman–Crippen LogP) is 1.14. The number of ether oxygens (including phenoxy) is 1. The van der Waals surface area contributed by atoms with E-state index in [1.54, 1.807) is 24.3 Å². The zero-order chi connectivity index (χ0) is 11.5. The Morgan fingerprint density at radius 3 is 2.75 bits per heavy atom. The Balaban J connectivity index is 1.95. The molecule has 0 unspecified atom stereocenters. The molecule has 84 valence electrons. The first-order valence-electron chi connectivity index (χ1n) is 5.22. The van der Waals surface area contributed by atoms with Crippen LogP contribution in [0, 0.1) is 5.92 Å². The van der Waals surface area contributed by atoms with Gasteiger partial charge in [-0.15, -0.1) is 0 Å². The topological polar surface area (TPSA) is 69.4 Å². The van der Waals surface area contributed by atoms with Crippen molar-refractivity contribution in [3.8, 4) is 5.75 Å². The molecular formula is C12H13NO3. The summed E-state index contributed by atoms with van der Waals surface area (Å²) in [5, 5.41) is 0. The maximum atomic E-state index is 11.4. The molecule has 0 aromatic heterocycles. The van der Waals surface area contributed by atoms with Crippen molar-refractivity contribution in [2.24, 2.45) is 11.7 Å². The van der Waals surface area contributed by atoms with Crippen LogP contribution in [-0.2, 0) is 4.79 Å². The first kappa shape index (κ1) is 10.7. The first-order valence-corrected chi connectivity index (χ1v) is 5.22. The Hall–Kier alpha value is -1.84. The molecule has 0 bridgehead atoms. The van der Waals surface area contributed by atoms with E-state index >= 15 is 0 Å². The molecule has 1 aliphatic rings. The van der Waals surface area contributed by atoms with E-state index in [1.165, 1.54) is 0 Å². The number of rotatable bonds is 5. The van der Waals surface area contributed by atoms with Crippen LogP contribution in [0.2, 0.25) is 0 Å². The van der Waals surface area contributed by atoms with Crippen molar-refractivity contribution in [3.05, 3.63) is 29.8 Å². The smallest absolute Gasteiger partial charge is 0.248 e. The zero-order valence-corrected chi connectivity index (χ0v) is 8.81. The van der Waals surface area contributed by atoms with Gasteiger partial charge < -0.3 is 10.5 Å². The molecule has 4 heteroatoms. The molecule has 16 heavy (non-hydrogen) atoms. The Morgan fingerprint density at radius 1 is 1.38 bits per heavy atom. The fraction of sp³-hybridized carbons (Fsp3) is 0.333. The number of hydrogen-bond acceptors (Lipinski definition) is 3. The third-order valence-electron chi connectivity index (χ3n) is 2.53. The summed E-state index contributed by atoms with van der Waals surface area (Å²) in [4.78, 5) is 22.3. The minimum absolute atomic E-state index is 0.0763. The van der Waals surface area contributed by atoms with Crippen LogP contribution in [0.25, 0.3) is 0 Å². The lowest BCUT2D eigenvalue weighted by molar-refractivity contribution is -0.122. The maximum absolute atomic E-state index is 11.4. The average molecular weight is 219 g/mol. The van der Waals surface area contributed by atoms with Gasteiger partial charge in [0.2, 0.25) is 5.91 Å².